The van der Waals surface area contributed by atoms with E-state index in [4.69, 9.17) is 4.98 Å². The van der Waals surface area contributed by atoms with Crippen molar-refractivity contribution in [3.63, 3.8) is 0 Å². The summed E-state index contributed by atoms with van der Waals surface area (Å²) in [6, 6.07) is 5.14. The Balaban J connectivity index is 2.64. The molecule has 1 N–H and O–H groups in total. The monoisotopic (exact) mass is 306 g/mol. The highest BCUT2D eigenvalue weighted by molar-refractivity contribution is 7.99. The molecule has 2 aromatic rings. The van der Waals surface area contributed by atoms with Crippen molar-refractivity contribution in [2.45, 2.75) is 44.9 Å². The molecule has 0 saturated heterocycles. The topological polar surface area (TPSA) is 55.1 Å². The Labute approximate surface area is 129 Å². The van der Waals surface area contributed by atoms with Crippen LogP contribution in [0.2, 0.25) is 0 Å². The van der Waals surface area contributed by atoms with E-state index in [9.17, 15) is 9.90 Å². The minimum absolute atomic E-state index is 0.0660. The first kappa shape index (κ1) is 15.9. The van der Waals surface area contributed by atoms with Crippen LogP contribution >= 0.6 is 11.8 Å². The third kappa shape index (κ3) is 3.23. The van der Waals surface area contributed by atoms with E-state index in [1.807, 2.05) is 0 Å². The predicted molar refractivity (Wildman–Crippen MR) is 88.4 cm³/mol. The van der Waals surface area contributed by atoms with Gasteiger partial charge in [-0.2, -0.15) is 11.8 Å². The van der Waals surface area contributed by atoms with E-state index < -0.39 is 5.97 Å². The summed E-state index contributed by atoms with van der Waals surface area (Å²) in [6.45, 7) is 9.41. The zero-order valence-electron chi connectivity index (χ0n) is 13.2. The van der Waals surface area contributed by atoms with Gasteiger partial charge in [0.1, 0.15) is 5.82 Å². The van der Waals surface area contributed by atoms with Crippen molar-refractivity contribution in [2.75, 3.05) is 6.26 Å². The second-order valence-corrected chi connectivity index (χ2v) is 7.70. The molecule has 0 fully saturated rings. The maximum atomic E-state index is 11.2. The van der Waals surface area contributed by atoms with Crippen molar-refractivity contribution in [2.24, 2.45) is 0 Å². The lowest BCUT2D eigenvalue weighted by Gasteiger charge is -2.25. The first-order valence-electron chi connectivity index (χ1n) is 7.04. The minimum atomic E-state index is -0.903. The van der Waals surface area contributed by atoms with Crippen LogP contribution in [-0.2, 0) is 6.54 Å². The van der Waals surface area contributed by atoms with Crippen LogP contribution in [0.5, 0.6) is 0 Å². The van der Waals surface area contributed by atoms with Crippen molar-refractivity contribution in [1.82, 2.24) is 9.55 Å². The molecule has 0 unspecified atom stereocenters. The van der Waals surface area contributed by atoms with Crippen LogP contribution in [0.25, 0.3) is 11.0 Å². The molecule has 4 nitrogen and oxygen atoms in total. The number of hydrogen-bond acceptors (Lipinski definition) is 3. The van der Waals surface area contributed by atoms with Crippen LogP contribution in [0, 0.1) is 0 Å². The Morgan fingerprint density at radius 1 is 1.43 bits per heavy atom. The van der Waals surface area contributed by atoms with Gasteiger partial charge >= 0.3 is 5.97 Å². The Morgan fingerprint density at radius 3 is 2.62 bits per heavy atom. The van der Waals surface area contributed by atoms with Crippen LogP contribution in [0.4, 0.5) is 0 Å². The Kier molecular flexibility index (Phi) is 4.33. The molecule has 0 atom stereocenters. The average molecular weight is 306 g/mol. The number of carboxylic acid groups (broad SMARTS) is 1. The van der Waals surface area contributed by atoms with Gasteiger partial charge in [0, 0.05) is 17.2 Å². The van der Waals surface area contributed by atoms with Gasteiger partial charge in [-0.1, -0.05) is 13.8 Å². The summed E-state index contributed by atoms with van der Waals surface area (Å²) in [5.74, 6) is 0.401. The van der Waals surface area contributed by atoms with Crippen molar-refractivity contribution in [1.29, 1.82) is 0 Å². The molecule has 0 aliphatic rings. The van der Waals surface area contributed by atoms with Crippen molar-refractivity contribution in [3.05, 3.63) is 29.6 Å². The third-order valence-corrected chi connectivity index (χ3v) is 4.87. The van der Waals surface area contributed by atoms with Gasteiger partial charge in [0.2, 0.25) is 0 Å². The van der Waals surface area contributed by atoms with Crippen LogP contribution in [-0.4, -0.2) is 31.6 Å². The average Bonchev–Trinajstić information content (AvgIpc) is 2.76. The molecule has 0 aliphatic carbocycles. The van der Waals surface area contributed by atoms with E-state index in [0.29, 0.717) is 11.5 Å². The number of rotatable bonds is 5. The van der Waals surface area contributed by atoms with E-state index in [0.717, 1.165) is 23.4 Å². The van der Waals surface area contributed by atoms with E-state index >= 15 is 0 Å². The molecule has 21 heavy (non-hydrogen) atoms. The van der Waals surface area contributed by atoms with E-state index in [1.165, 1.54) is 0 Å². The molecule has 0 spiro atoms. The summed E-state index contributed by atoms with van der Waals surface area (Å²) >= 11 is 1.80. The van der Waals surface area contributed by atoms with E-state index in [1.54, 1.807) is 30.0 Å². The number of carboxylic acids is 1. The highest BCUT2D eigenvalue weighted by atomic mass is 32.2. The number of nitrogens with zero attached hydrogens (tertiary/aromatic N) is 2. The van der Waals surface area contributed by atoms with Gasteiger partial charge in [0.05, 0.1) is 16.6 Å². The van der Waals surface area contributed by atoms with Gasteiger partial charge in [0.15, 0.2) is 0 Å². The molecule has 0 bridgehead atoms. The smallest absolute Gasteiger partial charge is 0.335 e. The number of aromatic carboxylic acids is 1. The number of carbonyl (C=O) groups is 1. The number of fused-ring (bicyclic) bond motifs is 1. The van der Waals surface area contributed by atoms with E-state index in [2.05, 4.69) is 38.5 Å². The highest BCUT2D eigenvalue weighted by Crippen LogP contribution is 2.29. The fourth-order valence-corrected chi connectivity index (χ4v) is 2.58. The number of benzene rings is 1. The number of aromatic nitrogens is 2. The fraction of sp³-hybridized carbons (Fsp3) is 0.500. The summed E-state index contributed by atoms with van der Waals surface area (Å²) in [7, 11) is 0. The molecule has 0 amide bonds. The largest absolute Gasteiger partial charge is 0.478 e. The number of hydrogen-bond donors (Lipinski definition) is 1. The third-order valence-electron chi connectivity index (χ3n) is 3.63. The molecular formula is C16H22N2O2S. The lowest BCUT2D eigenvalue weighted by Crippen LogP contribution is -2.24. The number of thioether (sulfide) groups is 1. The van der Waals surface area contributed by atoms with Crippen LogP contribution in [0.1, 0.15) is 49.8 Å². The Hall–Kier alpha value is -1.49. The van der Waals surface area contributed by atoms with Crippen LogP contribution in [0.15, 0.2) is 18.2 Å². The van der Waals surface area contributed by atoms with Gasteiger partial charge in [0.25, 0.3) is 0 Å². The molecule has 5 heteroatoms. The first-order valence-corrected chi connectivity index (χ1v) is 8.26. The minimum Gasteiger partial charge on any atom is -0.478 e. The SMILES string of the molecule is CSC(C)(C)Cn1c(C(C)C)nc2ccc(C(=O)O)cc21. The van der Waals surface area contributed by atoms with Crippen molar-refractivity contribution in [3.8, 4) is 0 Å². The first-order chi connectivity index (χ1) is 9.75. The molecule has 2 rings (SSSR count). The summed E-state index contributed by atoms with van der Waals surface area (Å²) < 4.78 is 2.24. The molecule has 114 valence electrons. The summed E-state index contributed by atoms with van der Waals surface area (Å²) in [6.07, 6.45) is 2.09. The van der Waals surface area contributed by atoms with Crippen LogP contribution < -0.4 is 0 Å². The second-order valence-electron chi connectivity index (χ2n) is 6.18. The normalized spacial score (nSPS) is 12.3. The molecule has 1 aromatic carbocycles. The molecule has 0 radical (unpaired) electrons. The number of imidazole rings is 1. The lowest BCUT2D eigenvalue weighted by molar-refractivity contribution is 0.0697. The van der Waals surface area contributed by atoms with Gasteiger partial charge in [-0.3, -0.25) is 0 Å². The van der Waals surface area contributed by atoms with Gasteiger partial charge in [-0.05, 0) is 38.3 Å². The summed E-state index contributed by atoms with van der Waals surface area (Å²) in [4.78, 5) is 15.9. The van der Waals surface area contributed by atoms with Gasteiger partial charge in [-0.15, -0.1) is 0 Å². The molecular weight excluding hydrogens is 284 g/mol. The summed E-state index contributed by atoms with van der Waals surface area (Å²) in [5, 5.41) is 9.20. The zero-order valence-corrected chi connectivity index (χ0v) is 14.0. The predicted octanol–water partition coefficient (Wildman–Crippen LogP) is 4.00. The molecule has 1 heterocycles. The quantitative estimate of drug-likeness (QED) is 0.907. The zero-order chi connectivity index (χ0) is 15.8. The highest BCUT2D eigenvalue weighted by Gasteiger charge is 2.22. The Bertz CT molecular complexity index is 674. The maximum Gasteiger partial charge on any atom is 0.335 e. The maximum absolute atomic E-state index is 11.2. The standard InChI is InChI=1S/C16H22N2O2S/c1-10(2)14-17-12-7-6-11(15(19)20)8-13(12)18(14)9-16(3,4)21-5/h6-8,10H,9H2,1-5H3,(H,19,20). The molecule has 1 aromatic heterocycles. The second kappa shape index (κ2) is 5.72. The molecule has 0 saturated carbocycles. The van der Waals surface area contributed by atoms with Crippen molar-refractivity contribution < 1.29 is 9.90 Å². The van der Waals surface area contributed by atoms with Crippen molar-refractivity contribution >= 4 is 28.8 Å². The molecule has 0 aliphatic heterocycles. The van der Waals surface area contributed by atoms with Gasteiger partial charge < -0.3 is 9.67 Å². The lowest BCUT2D eigenvalue weighted by atomic mass is 10.1. The summed E-state index contributed by atoms with van der Waals surface area (Å²) in [5.41, 5.74) is 2.07. The van der Waals surface area contributed by atoms with E-state index in [-0.39, 0.29) is 4.75 Å². The Morgan fingerprint density at radius 2 is 2.10 bits per heavy atom. The van der Waals surface area contributed by atoms with Gasteiger partial charge in [-0.25, -0.2) is 9.78 Å². The fourth-order valence-electron chi connectivity index (χ4n) is 2.33. The van der Waals surface area contributed by atoms with Crippen LogP contribution in [0.3, 0.4) is 0 Å².